The Bertz CT molecular complexity index is 558. The lowest BCUT2D eigenvalue weighted by Crippen LogP contribution is -2.50. The molecule has 0 unspecified atom stereocenters. The van der Waals surface area contributed by atoms with Crippen molar-refractivity contribution in [3.05, 3.63) is 22.7 Å². The number of carbonyl (C=O) groups is 2. The van der Waals surface area contributed by atoms with E-state index in [9.17, 15) is 9.59 Å². The summed E-state index contributed by atoms with van der Waals surface area (Å²) >= 11 is 5.97. The van der Waals surface area contributed by atoms with Gasteiger partial charge in [0.25, 0.3) is 0 Å². The molecule has 0 heterocycles. The van der Waals surface area contributed by atoms with Gasteiger partial charge in [0.15, 0.2) is 0 Å². The second-order valence-electron chi connectivity index (χ2n) is 5.25. The second kappa shape index (κ2) is 6.78. The van der Waals surface area contributed by atoms with Crippen molar-refractivity contribution < 1.29 is 19.4 Å². The van der Waals surface area contributed by atoms with Crippen LogP contribution in [0.1, 0.15) is 19.4 Å². The van der Waals surface area contributed by atoms with Crippen molar-refractivity contribution in [2.45, 2.75) is 26.3 Å². The van der Waals surface area contributed by atoms with Gasteiger partial charge < -0.3 is 20.5 Å². The quantitative estimate of drug-likeness (QED) is 0.735. The Morgan fingerprint density at radius 3 is 2.48 bits per heavy atom. The van der Waals surface area contributed by atoms with Crippen molar-refractivity contribution in [1.29, 1.82) is 0 Å². The number of aliphatic hydroxyl groups is 1. The fourth-order valence-electron chi connectivity index (χ4n) is 1.51. The molecule has 1 rings (SSSR count). The predicted molar refractivity (Wildman–Crippen MR) is 80.7 cm³/mol. The lowest BCUT2D eigenvalue weighted by atomic mass is 10.1. The van der Waals surface area contributed by atoms with Gasteiger partial charge >= 0.3 is 11.8 Å². The largest absolute Gasteiger partial charge is 0.495 e. The van der Waals surface area contributed by atoms with Crippen molar-refractivity contribution in [2.75, 3.05) is 19.0 Å². The Hall–Kier alpha value is -1.79. The number of hydrogen-bond acceptors (Lipinski definition) is 4. The molecule has 0 aliphatic rings. The maximum atomic E-state index is 11.9. The molecule has 0 saturated carbocycles. The van der Waals surface area contributed by atoms with E-state index in [1.807, 2.05) is 0 Å². The van der Waals surface area contributed by atoms with E-state index in [1.165, 1.54) is 7.11 Å². The first-order chi connectivity index (χ1) is 9.70. The summed E-state index contributed by atoms with van der Waals surface area (Å²) in [5.41, 5.74) is 0.208. The minimum absolute atomic E-state index is 0.282. The van der Waals surface area contributed by atoms with Crippen LogP contribution < -0.4 is 15.4 Å². The molecule has 0 bridgehead atoms. The first-order valence-electron chi connectivity index (χ1n) is 6.28. The number of rotatable bonds is 4. The number of hydrogen-bond donors (Lipinski definition) is 3. The predicted octanol–water partition coefficient (Wildman–Crippen LogP) is 1.48. The van der Waals surface area contributed by atoms with Crippen molar-refractivity contribution in [1.82, 2.24) is 5.32 Å². The van der Waals surface area contributed by atoms with Crippen molar-refractivity contribution >= 4 is 29.1 Å². The second-order valence-corrected chi connectivity index (χ2v) is 5.66. The molecule has 0 aliphatic heterocycles. The van der Waals surface area contributed by atoms with E-state index in [2.05, 4.69) is 10.6 Å². The Labute approximate surface area is 128 Å². The van der Waals surface area contributed by atoms with Crippen LogP contribution in [0.5, 0.6) is 5.75 Å². The number of ether oxygens (including phenoxy) is 1. The zero-order chi connectivity index (χ0) is 16.2. The van der Waals surface area contributed by atoms with Gasteiger partial charge in [-0.25, -0.2) is 0 Å². The number of methoxy groups -OCH3 is 1. The molecule has 0 spiro atoms. The van der Waals surface area contributed by atoms with Gasteiger partial charge in [0.1, 0.15) is 5.75 Å². The highest BCUT2D eigenvalue weighted by molar-refractivity contribution is 6.40. The first kappa shape index (κ1) is 17.3. The van der Waals surface area contributed by atoms with E-state index in [1.54, 1.807) is 32.9 Å². The van der Waals surface area contributed by atoms with Crippen LogP contribution in [0.25, 0.3) is 0 Å². The minimum Gasteiger partial charge on any atom is -0.495 e. The topological polar surface area (TPSA) is 87.7 Å². The van der Waals surface area contributed by atoms with Gasteiger partial charge in [-0.1, -0.05) is 11.6 Å². The lowest BCUT2D eigenvalue weighted by molar-refractivity contribution is -0.137. The highest BCUT2D eigenvalue weighted by Gasteiger charge is 2.24. The van der Waals surface area contributed by atoms with E-state index in [-0.39, 0.29) is 6.61 Å². The van der Waals surface area contributed by atoms with Gasteiger partial charge in [-0.2, -0.15) is 0 Å². The van der Waals surface area contributed by atoms with Crippen molar-refractivity contribution in [2.24, 2.45) is 0 Å². The molecular formula is C14H19ClN2O4. The fraction of sp³-hybridized carbons (Fsp3) is 0.429. The van der Waals surface area contributed by atoms with E-state index < -0.39 is 17.4 Å². The Morgan fingerprint density at radius 2 is 1.95 bits per heavy atom. The molecule has 1 aromatic rings. The Balaban J connectivity index is 2.88. The summed E-state index contributed by atoms with van der Waals surface area (Å²) in [5, 5.41) is 14.5. The van der Waals surface area contributed by atoms with Gasteiger partial charge in [-0.3, -0.25) is 9.59 Å². The summed E-state index contributed by atoms with van der Waals surface area (Å²) in [6, 6.07) is 3.17. The Kier molecular flexibility index (Phi) is 5.57. The van der Waals surface area contributed by atoms with Crippen LogP contribution in [0.3, 0.4) is 0 Å². The fourth-order valence-corrected chi connectivity index (χ4v) is 1.67. The molecule has 6 nitrogen and oxygen atoms in total. The van der Waals surface area contributed by atoms with Gasteiger partial charge in [0.05, 0.1) is 24.9 Å². The number of aryl methyl sites for hydroxylation is 1. The first-order valence-corrected chi connectivity index (χ1v) is 6.66. The summed E-state index contributed by atoms with van der Waals surface area (Å²) < 4.78 is 5.11. The zero-order valence-electron chi connectivity index (χ0n) is 12.4. The number of aliphatic hydroxyl groups excluding tert-OH is 1. The van der Waals surface area contributed by atoms with Crippen molar-refractivity contribution in [3.8, 4) is 5.75 Å². The van der Waals surface area contributed by atoms with Crippen LogP contribution in [-0.2, 0) is 9.59 Å². The number of halogens is 1. The number of carbonyl (C=O) groups excluding carboxylic acids is 2. The van der Waals surface area contributed by atoms with Crippen LogP contribution in [0, 0.1) is 6.92 Å². The molecule has 21 heavy (non-hydrogen) atoms. The summed E-state index contributed by atoms with van der Waals surface area (Å²) in [6.45, 7) is 4.69. The van der Waals surface area contributed by atoms with Crippen molar-refractivity contribution in [3.63, 3.8) is 0 Å². The Morgan fingerprint density at radius 1 is 1.33 bits per heavy atom. The van der Waals surface area contributed by atoms with E-state index in [4.69, 9.17) is 21.4 Å². The van der Waals surface area contributed by atoms with E-state index in [0.29, 0.717) is 16.5 Å². The monoisotopic (exact) mass is 314 g/mol. The zero-order valence-corrected chi connectivity index (χ0v) is 13.2. The molecule has 1 aromatic carbocycles. The van der Waals surface area contributed by atoms with Crippen LogP contribution in [-0.4, -0.2) is 36.2 Å². The highest BCUT2D eigenvalue weighted by Crippen LogP contribution is 2.30. The van der Waals surface area contributed by atoms with Gasteiger partial charge in [-0.15, -0.1) is 0 Å². The number of benzene rings is 1. The average molecular weight is 315 g/mol. The van der Waals surface area contributed by atoms with Gasteiger partial charge in [0.2, 0.25) is 0 Å². The van der Waals surface area contributed by atoms with E-state index >= 15 is 0 Å². The van der Waals surface area contributed by atoms with Crippen LogP contribution >= 0.6 is 11.6 Å². The lowest BCUT2D eigenvalue weighted by Gasteiger charge is -2.23. The normalized spacial score (nSPS) is 11.0. The molecule has 0 atom stereocenters. The maximum Gasteiger partial charge on any atom is 0.313 e. The third-order valence-electron chi connectivity index (χ3n) is 2.78. The van der Waals surface area contributed by atoms with E-state index in [0.717, 1.165) is 5.56 Å². The standard InChI is InChI=1S/C14H19ClN2O4/c1-8-5-10(11(21-4)6-9(8)15)16-12(19)13(20)17-14(2,3)7-18/h5-6,18H,7H2,1-4H3,(H,16,19)(H,17,20). The smallest absolute Gasteiger partial charge is 0.313 e. The maximum absolute atomic E-state index is 11.9. The van der Waals surface area contributed by atoms with Crippen LogP contribution in [0.4, 0.5) is 5.69 Å². The molecule has 2 amide bonds. The molecular weight excluding hydrogens is 296 g/mol. The van der Waals surface area contributed by atoms with Crippen LogP contribution in [0.2, 0.25) is 5.02 Å². The summed E-state index contributed by atoms with van der Waals surface area (Å²) in [4.78, 5) is 23.6. The molecule has 3 N–H and O–H groups in total. The average Bonchev–Trinajstić information content (AvgIpc) is 2.42. The van der Waals surface area contributed by atoms with Gasteiger partial charge in [0, 0.05) is 11.1 Å². The highest BCUT2D eigenvalue weighted by atomic mass is 35.5. The summed E-state index contributed by atoms with van der Waals surface area (Å²) in [5.74, 6) is -1.34. The minimum atomic E-state index is -0.881. The molecule has 0 radical (unpaired) electrons. The molecule has 0 saturated heterocycles. The summed E-state index contributed by atoms with van der Waals surface area (Å²) in [7, 11) is 1.44. The third-order valence-corrected chi connectivity index (χ3v) is 3.19. The number of anilines is 1. The summed E-state index contributed by atoms with van der Waals surface area (Å²) in [6.07, 6.45) is 0. The SMILES string of the molecule is COc1cc(Cl)c(C)cc1NC(=O)C(=O)NC(C)(C)CO. The number of amides is 2. The molecule has 0 aliphatic carbocycles. The molecule has 7 heteroatoms. The number of nitrogens with one attached hydrogen (secondary N) is 2. The van der Waals surface area contributed by atoms with Gasteiger partial charge in [-0.05, 0) is 32.4 Å². The molecule has 0 aromatic heterocycles. The molecule has 0 fully saturated rings. The molecule has 116 valence electrons. The third kappa shape index (κ3) is 4.61. The van der Waals surface area contributed by atoms with Crippen LogP contribution in [0.15, 0.2) is 12.1 Å².